The highest BCUT2D eigenvalue weighted by Crippen LogP contribution is 2.15. The molecule has 0 spiro atoms. The topological polar surface area (TPSA) is 24.5 Å². The first kappa shape index (κ1) is 14.5. The highest BCUT2D eigenvalue weighted by molar-refractivity contribution is 5.85. The third-order valence-corrected chi connectivity index (χ3v) is 2.79. The Bertz CT molecular complexity index is 148. The number of nitrogens with zero attached hydrogens (tertiary/aromatic N) is 1. The second-order valence-electron chi connectivity index (χ2n) is 3.92. The maximum absolute atomic E-state index is 5.89. The summed E-state index contributed by atoms with van der Waals surface area (Å²) in [5.74, 6) is 0. The van der Waals surface area contributed by atoms with E-state index >= 15 is 0 Å². The zero-order valence-corrected chi connectivity index (χ0v) is 10.2. The van der Waals surface area contributed by atoms with Crippen LogP contribution >= 0.6 is 24.8 Å². The van der Waals surface area contributed by atoms with E-state index in [9.17, 15) is 0 Å². The van der Waals surface area contributed by atoms with Crippen LogP contribution in [-0.2, 0) is 4.74 Å². The van der Waals surface area contributed by atoms with Gasteiger partial charge in [0.15, 0.2) is 0 Å². The van der Waals surface area contributed by atoms with Crippen molar-refractivity contribution in [2.75, 3.05) is 33.2 Å². The van der Waals surface area contributed by atoms with E-state index in [-0.39, 0.29) is 24.8 Å². The molecule has 0 atom stereocenters. The van der Waals surface area contributed by atoms with Crippen LogP contribution in [0.5, 0.6) is 0 Å². The van der Waals surface area contributed by atoms with Crippen LogP contribution in [0.3, 0.4) is 0 Å². The predicted octanol–water partition coefficient (Wildman–Crippen LogP) is 0.913. The molecule has 14 heavy (non-hydrogen) atoms. The Morgan fingerprint density at radius 2 is 1.64 bits per heavy atom. The highest BCUT2D eigenvalue weighted by atomic mass is 35.5. The Labute approximate surface area is 98.4 Å². The quantitative estimate of drug-likeness (QED) is 0.780. The molecule has 2 aliphatic rings. The van der Waals surface area contributed by atoms with Crippen molar-refractivity contribution in [3.63, 3.8) is 0 Å². The molecule has 2 heterocycles. The van der Waals surface area contributed by atoms with E-state index in [2.05, 4.69) is 17.3 Å². The summed E-state index contributed by atoms with van der Waals surface area (Å²) in [4.78, 5) is 2.37. The van der Waals surface area contributed by atoms with Gasteiger partial charge < -0.3 is 15.0 Å². The molecule has 0 amide bonds. The zero-order chi connectivity index (χ0) is 8.39. The molecule has 3 nitrogen and oxygen atoms in total. The fourth-order valence-electron chi connectivity index (χ4n) is 1.75. The highest BCUT2D eigenvalue weighted by Gasteiger charge is 2.24. The average molecular weight is 243 g/mol. The summed E-state index contributed by atoms with van der Waals surface area (Å²) < 4.78 is 5.89. The number of rotatable bonds is 2. The van der Waals surface area contributed by atoms with Crippen molar-refractivity contribution in [1.82, 2.24) is 10.2 Å². The van der Waals surface area contributed by atoms with Crippen LogP contribution in [-0.4, -0.2) is 50.3 Å². The molecule has 0 aromatic carbocycles. The Morgan fingerprint density at radius 3 is 2.07 bits per heavy atom. The fraction of sp³-hybridized carbons (Fsp3) is 1.00. The molecule has 0 aromatic rings. The van der Waals surface area contributed by atoms with Gasteiger partial charge in [-0.05, 0) is 19.9 Å². The fourth-order valence-corrected chi connectivity index (χ4v) is 1.75. The monoisotopic (exact) mass is 242 g/mol. The van der Waals surface area contributed by atoms with E-state index < -0.39 is 0 Å². The van der Waals surface area contributed by atoms with Crippen LogP contribution in [0.1, 0.15) is 12.8 Å². The molecule has 1 N–H and O–H groups in total. The summed E-state index contributed by atoms with van der Waals surface area (Å²) in [6.07, 6.45) is 3.48. The van der Waals surface area contributed by atoms with E-state index in [0.29, 0.717) is 12.2 Å². The SMILES string of the molecule is CN1CCC(OC2CNC2)CC1.Cl.Cl. The van der Waals surface area contributed by atoms with Gasteiger partial charge in [-0.1, -0.05) is 0 Å². The first-order valence-electron chi connectivity index (χ1n) is 4.89. The number of halogens is 2. The lowest BCUT2D eigenvalue weighted by Gasteiger charge is -2.35. The summed E-state index contributed by atoms with van der Waals surface area (Å²) in [5.41, 5.74) is 0. The van der Waals surface area contributed by atoms with Crippen molar-refractivity contribution in [2.45, 2.75) is 25.0 Å². The van der Waals surface area contributed by atoms with Crippen molar-refractivity contribution in [3.05, 3.63) is 0 Å². The van der Waals surface area contributed by atoms with Gasteiger partial charge in [-0.15, -0.1) is 24.8 Å². The molecule has 0 aliphatic carbocycles. The standard InChI is InChI=1S/C9H18N2O.2ClH/c1-11-4-2-8(3-5-11)12-9-6-10-7-9;;/h8-10H,2-7H2,1H3;2*1H. The summed E-state index contributed by atoms with van der Waals surface area (Å²) in [5, 5.41) is 3.22. The van der Waals surface area contributed by atoms with Crippen molar-refractivity contribution in [3.8, 4) is 0 Å². The third kappa shape index (κ3) is 3.91. The summed E-state index contributed by atoms with van der Waals surface area (Å²) in [7, 11) is 2.18. The molecule has 5 heteroatoms. The minimum Gasteiger partial charge on any atom is -0.372 e. The van der Waals surface area contributed by atoms with Gasteiger partial charge in [0, 0.05) is 26.2 Å². The van der Waals surface area contributed by atoms with E-state index in [1.54, 1.807) is 0 Å². The van der Waals surface area contributed by atoms with Crippen LogP contribution < -0.4 is 5.32 Å². The van der Waals surface area contributed by atoms with Crippen molar-refractivity contribution in [1.29, 1.82) is 0 Å². The van der Waals surface area contributed by atoms with Crippen LogP contribution in [0, 0.1) is 0 Å². The van der Waals surface area contributed by atoms with Gasteiger partial charge >= 0.3 is 0 Å². The van der Waals surface area contributed by atoms with Crippen molar-refractivity contribution < 1.29 is 4.74 Å². The molecule has 0 aromatic heterocycles. The lowest BCUT2D eigenvalue weighted by molar-refractivity contribution is -0.0596. The Kier molecular flexibility index (Phi) is 7.08. The Morgan fingerprint density at radius 1 is 1.07 bits per heavy atom. The van der Waals surface area contributed by atoms with E-state index in [4.69, 9.17) is 4.74 Å². The van der Waals surface area contributed by atoms with Gasteiger partial charge in [0.05, 0.1) is 12.2 Å². The summed E-state index contributed by atoms with van der Waals surface area (Å²) >= 11 is 0. The first-order valence-corrected chi connectivity index (χ1v) is 4.89. The van der Waals surface area contributed by atoms with Crippen LogP contribution in [0.2, 0.25) is 0 Å². The van der Waals surface area contributed by atoms with Crippen LogP contribution in [0.25, 0.3) is 0 Å². The van der Waals surface area contributed by atoms with Crippen molar-refractivity contribution in [2.24, 2.45) is 0 Å². The summed E-state index contributed by atoms with van der Waals surface area (Å²) in [6.45, 7) is 4.52. The largest absolute Gasteiger partial charge is 0.372 e. The zero-order valence-electron chi connectivity index (χ0n) is 8.57. The predicted molar refractivity (Wildman–Crippen MR) is 62.8 cm³/mol. The normalized spacial score (nSPS) is 24.6. The van der Waals surface area contributed by atoms with Gasteiger partial charge in [-0.2, -0.15) is 0 Å². The summed E-state index contributed by atoms with van der Waals surface area (Å²) in [6, 6.07) is 0. The number of hydrogen-bond acceptors (Lipinski definition) is 3. The van der Waals surface area contributed by atoms with Gasteiger partial charge in [-0.3, -0.25) is 0 Å². The second kappa shape index (κ2) is 6.85. The minimum absolute atomic E-state index is 0. The molecule has 2 saturated heterocycles. The number of likely N-dealkylation sites (tertiary alicyclic amines) is 1. The molecule has 0 unspecified atom stereocenters. The number of nitrogens with one attached hydrogen (secondary N) is 1. The molecular weight excluding hydrogens is 223 g/mol. The molecule has 0 radical (unpaired) electrons. The smallest absolute Gasteiger partial charge is 0.0827 e. The minimum atomic E-state index is 0. The molecule has 0 bridgehead atoms. The molecule has 2 fully saturated rings. The van der Waals surface area contributed by atoms with E-state index in [0.717, 1.165) is 13.1 Å². The van der Waals surface area contributed by atoms with E-state index in [1.165, 1.54) is 25.9 Å². The molecule has 86 valence electrons. The maximum Gasteiger partial charge on any atom is 0.0827 e. The number of ether oxygens (including phenoxy) is 1. The van der Waals surface area contributed by atoms with Crippen molar-refractivity contribution >= 4 is 24.8 Å². The van der Waals surface area contributed by atoms with Gasteiger partial charge in [0.25, 0.3) is 0 Å². The van der Waals surface area contributed by atoms with E-state index in [1.807, 2.05) is 0 Å². The lowest BCUT2D eigenvalue weighted by Crippen LogP contribution is -2.51. The van der Waals surface area contributed by atoms with Gasteiger partial charge in [0.2, 0.25) is 0 Å². The molecule has 0 saturated carbocycles. The maximum atomic E-state index is 5.89. The van der Waals surface area contributed by atoms with Gasteiger partial charge in [-0.25, -0.2) is 0 Å². The Balaban J connectivity index is 0.000000845. The lowest BCUT2D eigenvalue weighted by atomic mass is 10.1. The molecule has 2 aliphatic heterocycles. The number of hydrogen-bond donors (Lipinski definition) is 1. The Hall–Kier alpha value is 0.460. The molecular formula is C9H20Cl2N2O. The third-order valence-electron chi connectivity index (χ3n) is 2.79. The molecule has 2 rings (SSSR count). The van der Waals surface area contributed by atoms with Gasteiger partial charge in [0.1, 0.15) is 0 Å². The second-order valence-corrected chi connectivity index (χ2v) is 3.92. The van der Waals surface area contributed by atoms with Crippen LogP contribution in [0.15, 0.2) is 0 Å². The van der Waals surface area contributed by atoms with Crippen LogP contribution in [0.4, 0.5) is 0 Å². The number of piperidine rings is 1. The average Bonchev–Trinajstić information content (AvgIpc) is 2.00. The first-order chi connectivity index (χ1) is 5.84.